The number of amides is 2. The summed E-state index contributed by atoms with van der Waals surface area (Å²) in [5.74, 6) is 2.28. The lowest BCUT2D eigenvalue weighted by molar-refractivity contribution is -0.148. The molecule has 0 aromatic rings. The Bertz CT molecular complexity index is 370. The molecule has 4 bridgehead atoms. The molecule has 4 aliphatic rings. The highest BCUT2D eigenvalue weighted by Crippen LogP contribution is 2.60. The molecule has 19 heavy (non-hydrogen) atoms. The third-order valence-corrected chi connectivity index (χ3v) is 5.51. The fourth-order valence-electron chi connectivity index (χ4n) is 5.02. The first-order valence-electron chi connectivity index (χ1n) is 7.55. The van der Waals surface area contributed by atoms with Crippen molar-refractivity contribution in [3.8, 4) is 0 Å². The first-order valence-corrected chi connectivity index (χ1v) is 7.55. The summed E-state index contributed by atoms with van der Waals surface area (Å²) < 4.78 is 0. The van der Waals surface area contributed by atoms with Gasteiger partial charge >= 0.3 is 0 Å². The third-order valence-electron chi connectivity index (χ3n) is 5.51. The van der Waals surface area contributed by atoms with Crippen LogP contribution in [0.15, 0.2) is 0 Å². The summed E-state index contributed by atoms with van der Waals surface area (Å²) in [4.78, 5) is 24.2. The van der Waals surface area contributed by atoms with E-state index in [9.17, 15) is 9.59 Å². The summed E-state index contributed by atoms with van der Waals surface area (Å²) >= 11 is 0. The van der Waals surface area contributed by atoms with Gasteiger partial charge in [-0.25, -0.2) is 0 Å². The molecule has 0 aliphatic heterocycles. The number of nitrogens with one attached hydrogen (secondary N) is 2. The van der Waals surface area contributed by atoms with Crippen LogP contribution in [0.5, 0.6) is 0 Å². The predicted molar refractivity (Wildman–Crippen MR) is 72.3 cm³/mol. The number of carbonyl (C=O) groups excluding carboxylic acids is 2. The number of likely N-dealkylation sites (N-methyl/N-ethyl adjacent to an activating group) is 1. The Morgan fingerprint density at radius 3 is 1.95 bits per heavy atom. The molecule has 0 unspecified atom stereocenters. The average molecular weight is 264 g/mol. The molecule has 2 amide bonds. The van der Waals surface area contributed by atoms with Crippen LogP contribution in [0.25, 0.3) is 0 Å². The van der Waals surface area contributed by atoms with Gasteiger partial charge in [0.1, 0.15) is 6.04 Å². The Morgan fingerprint density at radius 1 is 1.05 bits per heavy atom. The Morgan fingerprint density at radius 2 is 1.53 bits per heavy atom. The van der Waals surface area contributed by atoms with Crippen LogP contribution in [0.1, 0.15) is 45.4 Å². The highest BCUT2D eigenvalue weighted by atomic mass is 16.2. The third kappa shape index (κ3) is 2.15. The minimum absolute atomic E-state index is 0.113. The van der Waals surface area contributed by atoms with E-state index in [1.165, 1.54) is 19.3 Å². The topological polar surface area (TPSA) is 58.2 Å². The zero-order valence-corrected chi connectivity index (χ0v) is 11.9. The molecule has 106 valence electrons. The van der Waals surface area contributed by atoms with Gasteiger partial charge in [-0.05, 0) is 63.2 Å². The molecule has 2 N–H and O–H groups in total. The van der Waals surface area contributed by atoms with E-state index in [4.69, 9.17) is 0 Å². The highest BCUT2D eigenvalue weighted by Gasteiger charge is 2.54. The van der Waals surface area contributed by atoms with Gasteiger partial charge < -0.3 is 10.6 Å². The van der Waals surface area contributed by atoms with Gasteiger partial charge in [-0.2, -0.15) is 0 Å². The fourth-order valence-corrected chi connectivity index (χ4v) is 5.02. The molecule has 4 rings (SSSR count). The maximum absolute atomic E-state index is 12.6. The van der Waals surface area contributed by atoms with E-state index >= 15 is 0 Å². The maximum Gasteiger partial charge on any atom is 0.242 e. The molecule has 4 aliphatic carbocycles. The molecule has 4 fully saturated rings. The van der Waals surface area contributed by atoms with Crippen molar-refractivity contribution < 1.29 is 9.59 Å². The zero-order valence-electron chi connectivity index (χ0n) is 11.9. The van der Waals surface area contributed by atoms with Crippen LogP contribution in [0, 0.1) is 23.2 Å². The van der Waals surface area contributed by atoms with Gasteiger partial charge in [0.2, 0.25) is 11.8 Å². The largest absolute Gasteiger partial charge is 0.357 e. The number of hydrogen-bond acceptors (Lipinski definition) is 2. The average Bonchev–Trinajstić information content (AvgIpc) is 2.36. The highest BCUT2D eigenvalue weighted by molar-refractivity contribution is 5.90. The molecule has 0 radical (unpaired) electrons. The monoisotopic (exact) mass is 264 g/mol. The summed E-state index contributed by atoms with van der Waals surface area (Å²) in [6, 6.07) is -0.425. The lowest BCUT2D eigenvalue weighted by Gasteiger charge is -2.55. The molecule has 0 aromatic heterocycles. The van der Waals surface area contributed by atoms with Crippen molar-refractivity contribution in [2.24, 2.45) is 23.2 Å². The van der Waals surface area contributed by atoms with Gasteiger partial charge in [0, 0.05) is 12.5 Å². The summed E-state index contributed by atoms with van der Waals surface area (Å²) in [5.41, 5.74) is -0.156. The van der Waals surface area contributed by atoms with Crippen LogP contribution in [0.2, 0.25) is 0 Å². The minimum Gasteiger partial charge on any atom is -0.357 e. The van der Waals surface area contributed by atoms with Crippen molar-refractivity contribution >= 4 is 11.8 Å². The van der Waals surface area contributed by atoms with Crippen molar-refractivity contribution in [2.75, 3.05) is 7.05 Å². The normalized spacial score (nSPS) is 40.8. The molecule has 4 nitrogen and oxygen atoms in total. The van der Waals surface area contributed by atoms with Gasteiger partial charge in [0.05, 0.1) is 0 Å². The van der Waals surface area contributed by atoms with Crippen molar-refractivity contribution in [1.29, 1.82) is 0 Å². The SMILES string of the molecule is CNC(=O)[C@@H](C)NC(=O)C12CC3CC(CC(C3)C1)C2. The zero-order chi connectivity index (χ0) is 13.6. The molecule has 0 heterocycles. The Kier molecular flexibility index (Phi) is 3.06. The Labute approximate surface area is 114 Å². The number of rotatable bonds is 3. The Hall–Kier alpha value is -1.06. The number of hydrogen-bond donors (Lipinski definition) is 2. The molecule has 1 atom stereocenters. The van der Waals surface area contributed by atoms with E-state index < -0.39 is 6.04 Å². The standard InChI is InChI=1S/C15H24N2O2/c1-9(13(18)16-2)17-14(19)15-6-10-3-11(7-15)5-12(4-10)8-15/h9-12H,3-8H2,1-2H3,(H,16,18)(H,17,19)/t9-,10?,11?,12?,15?/m1/s1. The van der Waals surface area contributed by atoms with Gasteiger partial charge in [0.25, 0.3) is 0 Å². The van der Waals surface area contributed by atoms with E-state index in [2.05, 4.69) is 10.6 Å². The molecule has 0 saturated heterocycles. The molecule has 0 aromatic carbocycles. The van der Waals surface area contributed by atoms with Crippen LogP contribution >= 0.6 is 0 Å². The summed E-state index contributed by atoms with van der Waals surface area (Å²) in [5, 5.41) is 5.53. The summed E-state index contributed by atoms with van der Waals surface area (Å²) in [6.45, 7) is 1.76. The molecule has 4 saturated carbocycles. The second-order valence-corrected chi connectivity index (χ2v) is 7.01. The quantitative estimate of drug-likeness (QED) is 0.810. The van der Waals surface area contributed by atoms with Gasteiger partial charge in [-0.3, -0.25) is 9.59 Å². The predicted octanol–water partition coefficient (Wildman–Crippen LogP) is 1.45. The lowest BCUT2D eigenvalue weighted by atomic mass is 9.49. The van der Waals surface area contributed by atoms with E-state index in [0.717, 1.165) is 37.0 Å². The summed E-state index contributed by atoms with van der Waals surface area (Å²) in [6.07, 6.45) is 7.13. The van der Waals surface area contributed by atoms with E-state index in [0.29, 0.717) is 0 Å². The minimum atomic E-state index is -0.425. The van der Waals surface area contributed by atoms with E-state index in [1.54, 1.807) is 14.0 Å². The molecule has 4 heteroatoms. The molecule has 0 spiro atoms. The van der Waals surface area contributed by atoms with Gasteiger partial charge in [-0.1, -0.05) is 0 Å². The number of carbonyl (C=O) groups is 2. The van der Waals surface area contributed by atoms with Crippen LogP contribution in [-0.2, 0) is 9.59 Å². The van der Waals surface area contributed by atoms with E-state index in [-0.39, 0.29) is 17.2 Å². The van der Waals surface area contributed by atoms with Gasteiger partial charge in [-0.15, -0.1) is 0 Å². The smallest absolute Gasteiger partial charge is 0.242 e. The fraction of sp³-hybridized carbons (Fsp3) is 0.867. The van der Waals surface area contributed by atoms with Crippen LogP contribution < -0.4 is 10.6 Å². The second-order valence-electron chi connectivity index (χ2n) is 7.01. The van der Waals surface area contributed by atoms with E-state index in [1.807, 2.05) is 0 Å². The van der Waals surface area contributed by atoms with Crippen LogP contribution in [0.4, 0.5) is 0 Å². The van der Waals surface area contributed by atoms with Gasteiger partial charge in [0.15, 0.2) is 0 Å². The van der Waals surface area contributed by atoms with Crippen molar-refractivity contribution in [3.63, 3.8) is 0 Å². The van der Waals surface area contributed by atoms with Crippen LogP contribution in [0.3, 0.4) is 0 Å². The molecular formula is C15H24N2O2. The molecular weight excluding hydrogens is 240 g/mol. The lowest BCUT2D eigenvalue weighted by Crippen LogP contribution is -2.56. The second kappa shape index (κ2) is 4.50. The first kappa shape index (κ1) is 12.9. The van der Waals surface area contributed by atoms with Crippen molar-refractivity contribution in [3.05, 3.63) is 0 Å². The van der Waals surface area contributed by atoms with Crippen molar-refractivity contribution in [2.45, 2.75) is 51.5 Å². The van der Waals surface area contributed by atoms with Crippen molar-refractivity contribution in [1.82, 2.24) is 10.6 Å². The summed E-state index contributed by atoms with van der Waals surface area (Å²) in [7, 11) is 1.61. The Balaban J connectivity index is 1.71. The first-order chi connectivity index (χ1) is 9.02. The van der Waals surface area contributed by atoms with Crippen LogP contribution in [-0.4, -0.2) is 24.9 Å². The maximum atomic E-state index is 12.6.